The smallest absolute Gasteiger partial charge is 0.314 e. The van der Waals surface area contributed by atoms with E-state index in [9.17, 15) is 14.4 Å². The predicted octanol–water partition coefficient (Wildman–Crippen LogP) is 0.0374. The number of rotatable bonds is 2. The standard InChI is InChI=1S/C19H28N4O4/c1-18(2,3)10-23-11-19-5-4-12(27-19)13(14(19)16(23)25)15(24)21-6-8-22(9-7-21)17(20)26/h4-5,12-14H,6-11H2,1-3H3,(H2,20,26)/t12-,13+,14+,19-/m0/s1. The third-order valence-corrected chi connectivity index (χ3v) is 6.03. The zero-order chi connectivity index (χ0) is 19.6. The number of hydrogen-bond donors (Lipinski definition) is 1. The summed E-state index contributed by atoms with van der Waals surface area (Å²) in [6.07, 6.45) is 3.59. The molecule has 4 aliphatic rings. The van der Waals surface area contributed by atoms with Crippen LogP contribution in [0.25, 0.3) is 0 Å². The minimum atomic E-state index is -0.664. The molecule has 27 heavy (non-hydrogen) atoms. The van der Waals surface area contributed by atoms with Gasteiger partial charge >= 0.3 is 6.03 Å². The number of carbonyl (C=O) groups excluding carboxylic acids is 3. The molecule has 0 aliphatic carbocycles. The van der Waals surface area contributed by atoms with E-state index < -0.39 is 23.5 Å². The summed E-state index contributed by atoms with van der Waals surface area (Å²) in [6.45, 7) is 9.18. The van der Waals surface area contributed by atoms with Crippen LogP contribution in [-0.4, -0.2) is 83.5 Å². The lowest BCUT2D eigenvalue weighted by Gasteiger charge is -2.36. The van der Waals surface area contributed by atoms with Crippen molar-refractivity contribution in [3.05, 3.63) is 12.2 Å². The minimum absolute atomic E-state index is 0.0166. The van der Waals surface area contributed by atoms with Crippen molar-refractivity contribution in [2.45, 2.75) is 32.5 Å². The number of nitrogens with zero attached hydrogens (tertiary/aromatic N) is 3. The van der Waals surface area contributed by atoms with Gasteiger partial charge in [-0.25, -0.2) is 4.79 Å². The van der Waals surface area contributed by atoms with Crippen molar-refractivity contribution in [2.75, 3.05) is 39.3 Å². The highest BCUT2D eigenvalue weighted by atomic mass is 16.5. The van der Waals surface area contributed by atoms with E-state index >= 15 is 0 Å². The first kappa shape index (κ1) is 18.3. The first-order valence-electron chi connectivity index (χ1n) is 9.60. The summed E-state index contributed by atoms with van der Waals surface area (Å²) in [5.41, 5.74) is 4.64. The highest BCUT2D eigenvalue weighted by Gasteiger charge is 2.67. The molecule has 4 atom stereocenters. The Kier molecular flexibility index (Phi) is 4.03. The number of nitrogens with two attached hydrogens (primary N) is 1. The molecule has 8 nitrogen and oxygen atoms in total. The molecule has 0 saturated carbocycles. The van der Waals surface area contributed by atoms with Crippen LogP contribution in [-0.2, 0) is 14.3 Å². The second-order valence-electron chi connectivity index (χ2n) is 9.31. The predicted molar refractivity (Wildman–Crippen MR) is 97.5 cm³/mol. The SMILES string of the molecule is CC(C)(C)CN1C[C@]23C=C[C@H](O2)[C@@H](C(=O)N2CCN(C(N)=O)CC2)[C@@H]3C1=O. The molecule has 4 amide bonds. The summed E-state index contributed by atoms with van der Waals surface area (Å²) in [5.74, 6) is -0.957. The second-order valence-corrected chi connectivity index (χ2v) is 9.31. The Morgan fingerprint density at radius 1 is 1.22 bits per heavy atom. The molecular formula is C19H28N4O4. The molecule has 148 valence electrons. The normalized spacial score (nSPS) is 35.1. The molecule has 0 aromatic rings. The summed E-state index contributed by atoms with van der Waals surface area (Å²) < 4.78 is 6.18. The van der Waals surface area contributed by atoms with Crippen LogP contribution in [0.4, 0.5) is 4.79 Å². The summed E-state index contributed by atoms with van der Waals surface area (Å²) >= 11 is 0. The molecule has 2 bridgehead atoms. The van der Waals surface area contributed by atoms with Crippen molar-refractivity contribution in [1.82, 2.24) is 14.7 Å². The number of primary amides is 1. The molecule has 0 radical (unpaired) electrons. The van der Waals surface area contributed by atoms with E-state index in [-0.39, 0.29) is 23.3 Å². The van der Waals surface area contributed by atoms with Crippen molar-refractivity contribution in [3.8, 4) is 0 Å². The maximum Gasteiger partial charge on any atom is 0.314 e. The highest BCUT2D eigenvalue weighted by molar-refractivity contribution is 5.93. The van der Waals surface area contributed by atoms with Crippen molar-refractivity contribution >= 4 is 17.8 Å². The summed E-state index contributed by atoms with van der Waals surface area (Å²) in [6, 6.07) is -0.462. The fourth-order valence-electron chi connectivity index (χ4n) is 4.92. The number of fused-ring (bicyclic) bond motifs is 1. The van der Waals surface area contributed by atoms with E-state index in [1.807, 2.05) is 17.1 Å². The number of amides is 4. The fourth-order valence-corrected chi connectivity index (χ4v) is 4.92. The van der Waals surface area contributed by atoms with Crippen molar-refractivity contribution in [3.63, 3.8) is 0 Å². The lowest BCUT2D eigenvalue weighted by molar-refractivity contribution is -0.144. The van der Waals surface area contributed by atoms with Gasteiger partial charge in [0.1, 0.15) is 5.60 Å². The van der Waals surface area contributed by atoms with E-state index in [4.69, 9.17) is 10.5 Å². The van der Waals surface area contributed by atoms with Gasteiger partial charge in [0.15, 0.2) is 0 Å². The lowest BCUT2D eigenvalue weighted by atomic mass is 9.76. The molecule has 0 aromatic carbocycles. The van der Waals surface area contributed by atoms with Crippen LogP contribution in [0.3, 0.4) is 0 Å². The van der Waals surface area contributed by atoms with Gasteiger partial charge in [0.05, 0.1) is 24.5 Å². The number of carbonyl (C=O) groups is 3. The second kappa shape index (κ2) is 5.95. The largest absolute Gasteiger partial charge is 0.360 e. The summed E-state index contributed by atoms with van der Waals surface area (Å²) in [5, 5.41) is 0. The number of likely N-dealkylation sites (tertiary alicyclic amines) is 1. The van der Waals surface area contributed by atoms with E-state index in [0.29, 0.717) is 39.3 Å². The number of urea groups is 1. The van der Waals surface area contributed by atoms with Crippen LogP contribution < -0.4 is 5.73 Å². The molecule has 3 fully saturated rings. The molecule has 1 spiro atoms. The molecule has 0 unspecified atom stereocenters. The summed E-state index contributed by atoms with van der Waals surface area (Å²) in [4.78, 5) is 42.8. The van der Waals surface area contributed by atoms with E-state index in [1.54, 1.807) is 4.90 Å². The molecule has 4 heterocycles. The van der Waals surface area contributed by atoms with Gasteiger partial charge in [0, 0.05) is 32.7 Å². The monoisotopic (exact) mass is 376 g/mol. The quantitative estimate of drug-likeness (QED) is 0.688. The van der Waals surface area contributed by atoms with E-state index in [2.05, 4.69) is 20.8 Å². The van der Waals surface area contributed by atoms with Gasteiger partial charge in [-0.2, -0.15) is 0 Å². The van der Waals surface area contributed by atoms with Gasteiger partial charge in [-0.1, -0.05) is 32.9 Å². The van der Waals surface area contributed by atoms with Crippen molar-refractivity contribution in [1.29, 1.82) is 0 Å². The minimum Gasteiger partial charge on any atom is -0.360 e. The Morgan fingerprint density at radius 3 is 2.44 bits per heavy atom. The maximum atomic E-state index is 13.3. The Balaban J connectivity index is 1.51. The van der Waals surface area contributed by atoms with Crippen molar-refractivity contribution in [2.24, 2.45) is 23.0 Å². The summed E-state index contributed by atoms with van der Waals surface area (Å²) in [7, 11) is 0. The van der Waals surface area contributed by atoms with E-state index in [1.165, 1.54) is 4.90 Å². The zero-order valence-electron chi connectivity index (χ0n) is 16.2. The number of piperazine rings is 1. The molecule has 4 aliphatic heterocycles. The third-order valence-electron chi connectivity index (χ3n) is 6.03. The van der Waals surface area contributed by atoms with Gasteiger partial charge in [0.2, 0.25) is 11.8 Å². The van der Waals surface area contributed by atoms with Crippen LogP contribution in [0.5, 0.6) is 0 Å². The van der Waals surface area contributed by atoms with Crippen molar-refractivity contribution < 1.29 is 19.1 Å². The first-order chi connectivity index (χ1) is 12.6. The van der Waals surface area contributed by atoms with Gasteiger partial charge in [-0.05, 0) is 5.41 Å². The van der Waals surface area contributed by atoms with Gasteiger partial charge < -0.3 is 25.2 Å². The number of hydrogen-bond acceptors (Lipinski definition) is 4. The molecule has 3 saturated heterocycles. The van der Waals surface area contributed by atoms with Crippen LogP contribution in [0.1, 0.15) is 20.8 Å². The molecule has 4 rings (SSSR count). The highest BCUT2D eigenvalue weighted by Crippen LogP contribution is 2.52. The van der Waals surface area contributed by atoms with Gasteiger partial charge in [-0.3, -0.25) is 9.59 Å². The Morgan fingerprint density at radius 2 is 1.85 bits per heavy atom. The molecule has 2 N–H and O–H groups in total. The molecular weight excluding hydrogens is 348 g/mol. The lowest BCUT2D eigenvalue weighted by Crippen LogP contribution is -2.55. The molecule has 8 heteroatoms. The maximum absolute atomic E-state index is 13.3. The van der Waals surface area contributed by atoms with Crippen LogP contribution >= 0.6 is 0 Å². The Labute approximate surface area is 159 Å². The molecule has 0 aromatic heterocycles. The third kappa shape index (κ3) is 2.90. The zero-order valence-corrected chi connectivity index (χ0v) is 16.2. The topological polar surface area (TPSA) is 96.2 Å². The average Bonchev–Trinajstić information content (AvgIpc) is 3.21. The van der Waals surface area contributed by atoms with Gasteiger partial charge in [-0.15, -0.1) is 0 Å². The average molecular weight is 376 g/mol. The Bertz CT molecular complexity index is 707. The number of ether oxygens (including phenoxy) is 1. The van der Waals surface area contributed by atoms with E-state index in [0.717, 1.165) is 0 Å². The Hall–Kier alpha value is -2.09. The van der Waals surface area contributed by atoms with Gasteiger partial charge in [0.25, 0.3) is 0 Å². The van der Waals surface area contributed by atoms with Crippen LogP contribution in [0.2, 0.25) is 0 Å². The van der Waals surface area contributed by atoms with Crippen LogP contribution in [0, 0.1) is 17.3 Å². The fraction of sp³-hybridized carbons (Fsp3) is 0.737. The first-order valence-corrected chi connectivity index (χ1v) is 9.60. The van der Waals surface area contributed by atoms with Crippen LogP contribution in [0.15, 0.2) is 12.2 Å².